The van der Waals surface area contributed by atoms with Gasteiger partial charge in [0.05, 0.1) is 6.42 Å². The van der Waals surface area contributed by atoms with Crippen LogP contribution in [0.5, 0.6) is 0 Å². The Morgan fingerprint density at radius 2 is 1.73 bits per heavy atom. The molecule has 5 nitrogen and oxygen atoms in total. The van der Waals surface area contributed by atoms with Crippen molar-refractivity contribution in [3.05, 3.63) is 70.1 Å². The van der Waals surface area contributed by atoms with E-state index in [0.29, 0.717) is 18.8 Å². The Hall–Kier alpha value is -2.67. The summed E-state index contributed by atoms with van der Waals surface area (Å²) in [7, 11) is 0. The summed E-state index contributed by atoms with van der Waals surface area (Å²) in [4.78, 5) is 27.1. The van der Waals surface area contributed by atoms with Crippen molar-refractivity contribution < 1.29 is 14.0 Å². The molecular formula is C19H17BrFN3O2. The zero-order valence-corrected chi connectivity index (χ0v) is 15.4. The highest BCUT2D eigenvalue weighted by atomic mass is 79.9. The van der Waals surface area contributed by atoms with Crippen molar-refractivity contribution in [1.82, 2.24) is 15.6 Å². The van der Waals surface area contributed by atoms with E-state index < -0.39 is 0 Å². The minimum Gasteiger partial charge on any atom is -0.354 e. The van der Waals surface area contributed by atoms with Gasteiger partial charge in [0.25, 0.3) is 5.91 Å². The van der Waals surface area contributed by atoms with Gasteiger partial charge in [0.2, 0.25) is 5.91 Å². The van der Waals surface area contributed by atoms with E-state index in [-0.39, 0.29) is 24.1 Å². The Labute approximate surface area is 158 Å². The zero-order chi connectivity index (χ0) is 18.5. The monoisotopic (exact) mass is 417 g/mol. The van der Waals surface area contributed by atoms with Crippen molar-refractivity contribution in [1.29, 1.82) is 0 Å². The Kier molecular flexibility index (Phi) is 5.68. The Morgan fingerprint density at radius 3 is 2.50 bits per heavy atom. The number of amides is 2. The second kappa shape index (κ2) is 8.14. The molecule has 0 fully saturated rings. The highest BCUT2D eigenvalue weighted by molar-refractivity contribution is 9.10. The maximum absolute atomic E-state index is 12.8. The predicted molar refractivity (Wildman–Crippen MR) is 101 cm³/mol. The molecule has 7 heteroatoms. The van der Waals surface area contributed by atoms with Crippen LogP contribution in [-0.4, -0.2) is 29.9 Å². The third kappa shape index (κ3) is 4.70. The molecule has 0 unspecified atom stereocenters. The number of rotatable bonds is 6. The number of carbonyl (C=O) groups excluding carboxylic acids is 2. The number of aromatic amines is 1. The van der Waals surface area contributed by atoms with Crippen LogP contribution in [-0.2, 0) is 11.2 Å². The summed E-state index contributed by atoms with van der Waals surface area (Å²) >= 11 is 3.39. The van der Waals surface area contributed by atoms with E-state index in [1.165, 1.54) is 12.1 Å². The van der Waals surface area contributed by atoms with Crippen molar-refractivity contribution in [3.8, 4) is 0 Å². The molecule has 0 aliphatic carbocycles. The average Bonchev–Trinajstić information content (AvgIpc) is 3.04. The largest absolute Gasteiger partial charge is 0.354 e. The van der Waals surface area contributed by atoms with Crippen LogP contribution in [0.1, 0.15) is 16.1 Å². The fourth-order valence-electron chi connectivity index (χ4n) is 2.54. The third-order valence-electron chi connectivity index (χ3n) is 3.84. The van der Waals surface area contributed by atoms with Gasteiger partial charge in [-0.1, -0.05) is 34.1 Å². The van der Waals surface area contributed by atoms with Crippen LogP contribution in [0.3, 0.4) is 0 Å². The second-order valence-corrected chi connectivity index (χ2v) is 6.74. The number of carbonyl (C=O) groups is 2. The number of hydrogen-bond donors (Lipinski definition) is 3. The maximum atomic E-state index is 12.8. The Balaban J connectivity index is 1.44. The molecule has 2 amide bonds. The van der Waals surface area contributed by atoms with Crippen molar-refractivity contribution in [2.75, 3.05) is 13.1 Å². The zero-order valence-electron chi connectivity index (χ0n) is 13.8. The fourth-order valence-corrected chi connectivity index (χ4v) is 2.91. The molecule has 0 aliphatic heterocycles. The third-order valence-corrected chi connectivity index (χ3v) is 4.33. The molecule has 3 rings (SSSR count). The van der Waals surface area contributed by atoms with E-state index in [0.717, 1.165) is 20.9 Å². The van der Waals surface area contributed by atoms with Crippen LogP contribution in [0.4, 0.5) is 4.39 Å². The molecule has 26 heavy (non-hydrogen) atoms. The van der Waals surface area contributed by atoms with Crippen LogP contribution in [0, 0.1) is 5.82 Å². The first kappa shape index (κ1) is 18.1. The molecule has 0 spiro atoms. The van der Waals surface area contributed by atoms with E-state index in [1.807, 2.05) is 18.2 Å². The predicted octanol–water partition coefficient (Wildman–Crippen LogP) is 3.16. The van der Waals surface area contributed by atoms with Crippen molar-refractivity contribution in [2.45, 2.75) is 6.42 Å². The number of hydrogen-bond acceptors (Lipinski definition) is 2. The summed E-state index contributed by atoms with van der Waals surface area (Å²) in [6, 6.07) is 13.3. The SMILES string of the molecule is O=C(Cc1ccc(F)cc1)NCCNC(=O)c1cc2ccc(Br)cc2[nH]1. The van der Waals surface area contributed by atoms with Gasteiger partial charge in [0, 0.05) is 28.5 Å². The van der Waals surface area contributed by atoms with E-state index in [4.69, 9.17) is 0 Å². The molecule has 0 saturated carbocycles. The Morgan fingerprint density at radius 1 is 1.00 bits per heavy atom. The Bertz CT molecular complexity index is 938. The number of fused-ring (bicyclic) bond motifs is 1. The number of H-pyrrole nitrogens is 1. The van der Waals surface area contributed by atoms with E-state index in [1.54, 1.807) is 18.2 Å². The van der Waals surface area contributed by atoms with Crippen molar-refractivity contribution in [3.63, 3.8) is 0 Å². The van der Waals surface area contributed by atoms with Crippen LogP contribution < -0.4 is 10.6 Å². The molecule has 1 aromatic heterocycles. The lowest BCUT2D eigenvalue weighted by Crippen LogP contribution is -2.35. The van der Waals surface area contributed by atoms with E-state index in [9.17, 15) is 14.0 Å². The fraction of sp³-hybridized carbons (Fsp3) is 0.158. The van der Waals surface area contributed by atoms with Crippen LogP contribution >= 0.6 is 15.9 Å². The van der Waals surface area contributed by atoms with Gasteiger partial charge in [-0.2, -0.15) is 0 Å². The lowest BCUT2D eigenvalue weighted by atomic mass is 10.1. The summed E-state index contributed by atoms with van der Waals surface area (Å²) in [5.41, 5.74) is 2.07. The molecule has 3 aromatic rings. The summed E-state index contributed by atoms with van der Waals surface area (Å²) in [6.45, 7) is 0.630. The topological polar surface area (TPSA) is 74.0 Å². The molecule has 2 aromatic carbocycles. The molecule has 3 N–H and O–H groups in total. The first-order valence-electron chi connectivity index (χ1n) is 8.09. The van der Waals surface area contributed by atoms with Gasteiger partial charge in [0.1, 0.15) is 11.5 Å². The lowest BCUT2D eigenvalue weighted by molar-refractivity contribution is -0.120. The first-order valence-corrected chi connectivity index (χ1v) is 8.88. The first-order chi connectivity index (χ1) is 12.5. The average molecular weight is 418 g/mol. The number of aromatic nitrogens is 1. The molecule has 134 valence electrons. The minimum absolute atomic E-state index is 0.172. The van der Waals surface area contributed by atoms with Crippen LogP contribution in [0.15, 0.2) is 53.0 Å². The molecule has 0 aliphatic rings. The minimum atomic E-state index is -0.332. The normalized spacial score (nSPS) is 10.7. The smallest absolute Gasteiger partial charge is 0.267 e. The van der Waals surface area contributed by atoms with Gasteiger partial charge in [-0.3, -0.25) is 9.59 Å². The van der Waals surface area contributed by atoms with Crippen LogP contribution in [0.2, 0.25) is 0 Å². The lowest BCUT2D eigenvalue weighted by Gasteiger charge is -2.06. The van der Waals surface area contributed by atoms with Crippen molar-refractivity contribution in [2.24, 2.45) is 0 Å². The van der Waals surface area contributed by atoms with Gasteiger partial charge in [-0.05, 0) is 35.9 Å². The maximum Gasteiger partial charge on any atom is 0.267 e. The highest BCUT2D eigenvalue weighted by Crippen LogP contribution is 2.20. The van der Waals surface area contributed by atoms with Gasteiger partial charge in [0.15, 0.2) is 0 Å². The van der Waals surface area contributed by atoms with Gasteiger partial charge < -0.3 is 15.6 Å². The van der Waals surface area contributed by atoms with E-state index >= 15 is 0 Å². The highest BCUT2D eigenvalue weighted by Gasteiger charge is 2.09. The standard InChI is InChI=1S/C19H17BrFN3O2/c20-14-4-3-13-10-17(24-16(13)11-14)19(26)23-8-7-22-18(25)9-12-1-5-15(21)6-2-12/h1-6,10-11,24H,7-9H2,(H,22,25)(H,23,26). The second-order valence-electron chi connectivity index (χ2n) is 5.82. The van der Waals surface area contributed by atoms with Crippen molar-refractivity contribution >= 4 is 38.6 Å². The van der Waals surface area contributed by atoms with Gasteiger partial charge >= 0.3 is 0 Å². The summed E-state index contributed by atoms with van der Waals surface area (Å²) < 4.78 is 13.8. The molecule has 0 bridgehead atoms. The number of nitrogens with one attached hydrogen (secondary N) is 3. The summed E-state index contributed by atoms with van der Waals surface area (Å²) in [6.07, 6.45) is 0.172. The molecule has 0 saturated heterocycles. The molecule has 0 atom stereocenters. The van der Waals surface area contributed by atoms with Gasteiger partial charge in [-0.25, -0.2) is 4.39 Å². The van der Waals surface area contributed by atoms with Crippen LogP contribution in [0.25, 0.3) is 10.9 Å². The molecular weight excluding hydrogens is 401 g/mol. The number of benzene rings is 2. The quantitative estimate of drug-likeness (QED) is 0.538. The van der Waals surface area contributed by atoms with E-state index in [2.05, 4.69) is 31.5 Å². The van der Waals surface area contributed by atoms with Gasteiger partial charge in [-0.15, -0.1) is 0 Å². The summed E-state index contributed by atoms with van der Waals surface area (Å²) in [5.74, 6) is -0.743. The summed E-state index contributed by atoms with van der Waals surface area (Å²) in [5, 5.41) is 6.43. The molecule has 0 radical (unpaired) electrons. The molecule has 1 heterocycles. The number of halogens is 2.